The third kappa shape index (κ3) is 2.98. The second-order valence-corrected chi connectivity index (χ2v) is 5.83. The normalized spacial score (nSPS) is 16.0. The Morgan fingerprint density at radius 2 is 1.87 bits per heavy atom. The predicted octanol–water partition coefficient (Wildman–Crippen LogP) is 3.03. The molecule has 23 heavy (non-hydrogen) atoms. The van der Waals surface area contributed by atoms with Crippen LogP contribution in [0.15, 0.2) is 40.8 Å². The number of oxazole rings is 1. The highest BCUT2D eigenvalue weighted by Gasteiger charge is 2.17. The molecule has 1 fully saturated rings. The van der Waals surface area contributed by atoms with Crippen molar-refractivity contribution in [2.45, 2.75) is 13.5 Å². The van der Waals surface area contributed by atoms with Crippen LogP contribution < -0.4 is 0 Å². The molecule has 0 atom stereocenters. The van der Waals surface area contributed by atoms with Crippen molar-refractivity contribution in [3.8, 4) is 11.1 Å². The van der Waals surface area contributed by atoms with Gasteiger partial charge in [-0.25, -0.2) is 9.97 Å². The van der Waals surface area contributed by atoms with Crippen LogP contribution in [0.5, 0.6) is 0 Å². The van der Waals surface area contributed by atoms with Gasteiger partial charge >= 0.3 is 0 Å². The number of ether oxygens (including phenoxy) is 1. The quantitative estimate of drug-likeness (QED) is 0.744. The van der Waals surface area contributed by atoms with Gasteiger partial charge in [-0.15, -0.1) is 0 Å². The van der Waals surface area contributed by atoms with Crippen LogP contribution in [-0.4, -0.2) is 41.2 Å². The summed E-state index contributed by atoms with van der Waals surface area (Å²) in [4.78, 5) is 11.5. The number of aryl methyl sites for hydroxylation is 1. The summed E-state index contributed by atoms with van der Waals surface area (Å²) in [5, 5.41) is 0. The largest absolute Gasteiger partial charge is 0.421 e. The number of pyridine rings is 1. The zero-order chi connectivity index (χ0) is 15.6. The maximum atomic E-state index is 5.91. The molecule has 0 aliphatic carbocycles. The lowest BCUT2D eigenvalue weighted by Gasteiger charge is -2.24. The molecular formula is C18H19N3O2. The molecule has 0 bridgehead atoms. The molecule has 1 aliphatic rings. The topological polar surface area (TPSA) is 51.4 Å². The van der Waals surface area contributed by atoms with Crippen molar-refractivity contribution in [1.29, 1.82) is 0 Å². The molecule has 2 aromatic heterocycles. The molecular weight excluding hydrogens is 290 g/mol. The van der Waals surface area contributed by atoms with Gasteiger partial charge in [0, 0.05) is 24.3 Å². The van der Waals surface area contributed by atoms with Crippen molar-refractivity contribution in [1.82, 2.24) is 14.9 Å². The molecule has 1 aliphatic heterocycles. The minimum absolute atomic E-state index is 0.618. The van der Waals surface area contributed by atoms with Crippen molar-refractivity contribution < 1.29 is 9.15 Å². The standard InChI is InChI=1S/C18H19N3O2/c1-13-11-15(14-5-3-2-4-6-14)17-18(19-13)23-16(20-17)12-21-7-9-22-10-8-21/h2-6,11H,7-10,12H2,1H3. The van der Waals surface area contributed by atoms with Gasteiger partial charge < -0.3 is 9.15 Å². The van der Waals surface area contributed by atoms with Crippen molar-refractivity contribution >= 4 is 11.2 Å². The smallest absolute Gasteiger partial charge is 0.247 e. The Labute approximate surface area is 134 Å². The first-order chi connectivity index (χ1) is 11.3. The van der Waals surface area contributed by atoms with Crippen LogP contribution in [-0.2, 0) is 11.3 Å². The van der Waals surface area contributed by atoms with Crippen LogP contribution in [0.4, 0.5) is 0 Å². The van der Waals surface area contributed by atoms with E-state index in [1.54, 1.807) is 0 Å². The highest BCUT2D eigenvalue weighted by Crippen LogP contribution is 2.28. The molecule has 0 amide bonds. The molecule has 4 rings (SSSR count). The molecule has 0 N–H and O–H groups in total. The van der Waals surface area contributed by atoms with E-state index in [1.807, 2.05) is 25.1 Å². The summed E-state index contributed by atoms with van der Waals surface area (Å²) in [6.45, 7) is 6.05. The van der Waals surface area contributed by atoms with Crippen LogP contribution in [0.25, 0.3) is 22.4 Å². The second kappa shape index (κ2) is 6.10. The van der Waals surface area contributed by atoms with E-state index < -0.39 is 0 Å². The van der Waals surface area contributed by atoms with Gasteiger partial charge in [-0.05, 0) is 18.6 Å². The third-order valence-corrected chi connectivity index (χ3v) is 4.09. The van der Waals surface area contributed by atoms with Gasteiger partial charge in [-0.2, -0.15) is 0 Å². The second-order valence-electron chi connectivity index (χ2n) is 5.83. The molecule has 0 unspecified atom stereocenters. The number of nitrogens with zero attached hydrogens (tertiary/aromatic N) is 3. The van der Waals surface area contributed by atoms with E-state index in [1.165, 1.54) is 0 Å². The predicted molar refractivity (Wildman–Crippen MR) is 88.1 cm³/mol. The summed E-state index contributed by atoms with van der Waals surface area (Å²) in [6, 6.07) is 12.3. The summed E-state index contributed by atoms with van der Waals surface area (Å²) in [6.07, 6.45) is 0. The lowest BCUT2D eigenvalue weighted by atomic mass is 10.1. The molecule has 5 heteroatoms. The van der Waals surface area contributed by atoms with Gasteiger partial charge in [0.25, 0.3) is 0 Å². The first-order valence-corrected chi connectivity index (χ1v) is 7.92. The van der Waals surface area contributed by atoms with E-state index in [0.29, 0.717) is 12.3 Å². The molecule has 118 valence electrons. The van der Waals surface area contributed by atoms with E-state index in [4.69, 9.17) is 14.1 Å². The third-order valence-electron chi connectivity index (χ3n) is 4.09. The Kier molecular flexibility index (Phi) is 3.81. The maximum Gasteiger partial charge on any atom is 0.247 e. The monoisotopic (exact) mass is 309 g/mol. The van der Waals surface area contributed by atoms with E-state index >= 15 is 0 Å². The highest BCUT2D eigenvalue weighted by molar-refractivity contribution is 5.89. The molecule has 3 aromatic rings. The van der Waals surface area contributed by atoms with Crippen LogP contribution in [0.2, 0.25) is 0 Å². The van der Waals surface area contributed by atoms with E-state index in [9.17, 15) is 0 Å². The SMILES string of the molecule is Cc1cc(-c2ccccc2)c2nc(CN3CCOCC3)oc2n1. The number of rotatable bonds is 3. The minimum Gasteiger partial charge on any atom is -0.421 e. The van der Waals surface area contributed by atoms with Gasteiger partial charge in [-0.1, -0.05) is 30.3 Å². The number of benzene rings is 1. The average molecular weight is 309 g/mol. The van der Waals surface area contributed by atoms with E-state index in [0.717, 1.165) is 54.5 Å². The lowest BCUT2D eigenvalue weighted by molar-refractivity contribution is 0.0308. The maximum absolute atomic E-state index is 5.91. The van der Waals surface area contributed by atoms with Crippen LogP contribution in [0.3, 0.4) is 0 Å². The zero-order valence-electron chi connectivity index (χ0n) is 13.2. The van der Waals surface area contributed by atoms with Crippen molar-refractivity contribution in [2.75, 3.05) is 26.3 Å². The van der Waals surface area contributed by atoms with Gasteiger partial charge in [0.1, 0.15) is 5.52 Å². The number of hydrogen-bond acceptors (Lipinski definition) is 5. The van der Waals surface area contributed by atoms with Crippen molar-refractivity contribution in [3.63, 3.8) is 0 Å². The van der Waals surface area contributed by atoms with Crippen molar-refractivity contribution in [3.05, 3.63) is 48.0 Å². The average Bonchev–Trinajstić information content (AvgIpc) is 2.98. The fraction of sp³-hybridized carbons (Fsp3) is 0.333. The van der Waals surface area contributed by atoms with Gasteiger partial charge in [0.05, 0.1) is 19.8 Å². The zero-order valence-corrected chi connectivity index (χ0v) is 13.2. The molecule has 0 saturated carbocycles. The molecule has 0 radical (unpaired) electrons. The Morgan fingerprint density at radius 3 is 2.65 bits per heavy atom. The first kappa shape index (κ1) is 14.4. The van der Waals surface area contributed by atoms with Gasteiger partial charge in [0.2, 0.25) is 11.6 Å². The Morgan fingerprint density at radius 1 is 1.09 bits per heavy atom. The molecule has 1 saturated heterocycles. The Hall–Kier alpha value is -2.24. The summed E-state index contributed by atoms with van der Waals surface area (Å²) in [7, 11) is 0. The van der Waals surface area contributed by atoms with Gasteiger partial charge in [0.15, 0.2) is 0 Å². The van der Waals surface area contributed by atoms with E-state index in [-0.39, 0.29) is 0 Å². The van der Waals surface area contributed by atoms with E-state index in [2.05, 4.69) is 28.1 Å². The Balaban J connectivity index is 1.73. The molecule has 5 nitrogen and oxygen atoms in total. The van der Waals surface area contributed by atoms with Crippen LogP contribution in [0, 0.1) is 6.92 Å². The van der Waals surface area contributed by atoms with Crippen molar-refractivity contribution in [2.24, 2.45) is 0 Å². The molecule has 0 spiro atoms. The number of hydrogen-bond donors (Lipinski definition) is 0. The fourth-order valence-electron chi connectivity index (χ4n) is 2.93. The van der Waals surface area contributed by atoms with Gasteiger partial charge in [-0.3, -0.25) is 4.90 Å². The summed E-state index contributed by atoms with van der Waals surface area (Å²) in [5.74, 6) is 0.720. The minimum atomic E-state index is 0.618. The Bertz CT molecular complexity index is 808. The number of aromatic nitrogens is 2. The summed E-state index contributed by atoms with van der Waals surface area (Å²) < 4.78 is 11.3. The molecule has 3 heterocycles. The van der Waals surface area contributed by atoms with Crippen LogP contribution in [0.1, 0.15) is 11.6 Å². The number of morpholine rings is 1. The number of fused-ring (bicyclic) bond motifs is 1. The fourth-order valence-corrected chi connectivity index (χ4v) is 2.93. The summed E-state index contributed by atoms with van der Waals surface area (Å²) >= 11 is 0. The van der Waals surface area contributed by atoms with Crippen LogP contribution >= 0.6 is 0 Å². The lowest BCUT2D eigenvalue weighted by Crippen LogP contribution is -2.35. The molecule has 1 aromatic carbocycles. The first-order valence-electron chi connectivity index (χ1n) is 7.92. The highest BCUT2D eigenvalue weighted by atomic mass is 16.5. The summed E-state index contributed by atoms with van der Waals surface area (Å²) in [5.41, 5.74) is 4.60.